The average molecular weight is 505 g/mol. The van der Waals surface area contributed by atoms with Crippen LogP contribution in [-0.4, -0.2) is 33.8 Å². The molecular weight excluding hydrogens is 484 g/mol. The Balaban J connectivity index is 1.59. The molecule has 3 aromatic heterocycles. The average Bonchev–Trinajstić information content (AvgIpc) is 3.41. The van der Waals surface area contributed by atoms with Crippen LogP contribution >= 0.6 is 0 Å². The lowest BCUT2D eigenvalue weighted by atomic mass is 9.83. The highest BCUT2D eigenvalue weighted by molar-refractivity contribution is 5.87. The summed E-state index contributed by atoms with van der Waals surface area (Å²) in [5, 5.41) is 5.31. The highest BCUT2D eigenvalue weighted by Crippen LogP contribution is 2.51. The van der Waals surface area contributed by atoms with Crippen LogP contribution in [0.3, 0.4) is 0 Å². The SMILES string of the molecule is COc1ccc(OC)c(C2c3c(c4ccccc4oc3=O)Oc3ncn4nc(-c5ccccc5)nc4c32)c1. The Kier molecular flexibility index (Phi) is 4.90. The van der Waals surface area contributed by atoms with Crippen LogP contribution in [0.5, 0.6) is 23.1 Å². The van der Waals surface area contributed by atoms with E-state index in [-0.39, 0.29) is 0 Å². The van der Waals surface area contributed by atoms with Gasteiger partial charge < -0.3 is 18.6 Å². The van der Waals surface area contributed by atoms with Crippen molar-refractivity contribution in [2.75, 3.05) is 14.2 Å². The number of hydrogen-bond acceptors (Lipinski definition) is 8. The van der Waals surface area contributed by atoms with Gasteiger partial charge in [0.1, 0.15) is 23.4 Å². The number of fused-ring (bicyclic) bond motifs is 6. The molecule has 0 fully saturated rings. The number of ether oxygens (including phenoxy) is 3. The molecule has 0 amide bonds. The Morgan fingerprint density at radius 1 is 0.921 bits per heavy atom. The number of para-hydroxylation sites is 1. The first-order valence-electron chi connectivity index (χ1n) is 11.9. The topological polar surface area (TPSA) is 101 Å². The third kappa shape index (κ3) is 3.25. The first-order valence-corrected chi connectivity index (χ1v) is 11.9. The lowest BCUT2D eigenvalue weighted by Crippen LogP contribution is -2.22. The zero-order valence-corrected chi connectivity index (χ0v) is 20.4. The number of nitrogens with zero attached hydrogens (tertiary/aromatic N) is 4. The molecule has 4 heterocycles. The smallest absolute Gasteiger partial charge is 0.344 e. The molecule has 1 aliphatic rings. The lowest BCUT2D eigenvalue weighted by molar-refractivity contribution is 0.392. The molecule has 1 aliphatic heterocycles. The van der Waals surface area contributed by atoms with Gasteiger partial charge in [-0.1, -0.05) is 42.5 Å². The second-order valence-corrected chi connectivity index (χ2v) is 8.80. The minimum atomic E-state index is -0.691. The van der Waals surface area contributed by atoms with Gasteiger partial charge >= 0.3 is 5.63 Å². The maximum Gasteiger partial charge on any atom is 0.344 e. The van der Waals surface area contributed by atoms with Crippen LogP contribution in [0.15, 0.2) is 88.3 Å². The zero-order chi connectivity index (χ0) is 25.8. The predicted molar refractivity (Wildman–Crippen MR) is 139 cm³/mol. The summed E-state index contributed by atoms with van der Waals surface area (Å²) in [6, 6.07) is 22.4. The summed E-state index contributed by atoms with van der Waals surface area (Å²) in [7, 11) is 3.17. The van der Waals surface area contributed by atoms with Gasteiger partial charge in [-0.25, -0.2) is 19.3 Å². The normalized spacial score (nSPS) is 14.1. The summed E-state index contributed by atoms with van der Waals surface area (Å²) in [4.78, 5) is 23.1. The van der Waals surface area contributed by atoms with Crippen LogP contribution in [-0.2, 0) is 0 Å². The highest BCUT2D eigenvalue weighted by Gasteiger charge is 2.39. The fraction of sp³-hybridized carbons (Fsp3) is 0.103. The molecule has 0 saturated heterocycles. The van der Waals surface area contributed by atoms with E-state index in [1.54, 1.807) is 49.3 Å². The van der Waals surface area contributed by atoms with Gasteiger partial charge in [0.05, 0.1) is 36.7 Å². The maximum absolute atomic E-state index is 13.6. The van der Waals surface area contributed by atoms with E-state index in [1.807, 2.05) is 48.5 Å². The standard InChI is InChI=1S/C29H20N4O5/c1-35-17-12-13-20(36-2)19(14-17)22-23-25(18-10-6-7-11-21(18)37-29(23)34)38-28-24(22)27-31-26(32-33(27)15-30-28)16-8-4-3-5-9-16/h3-15,22H,1-2H3. The molecule has 7 rings (SSSR count). The number of benzene rings is 3. The summed E-state index contributed by atoms with van der Waals surface area (Å²) in [5.41, 5.74) is 2.82. The van der Waals surface area contributed by atoms with Crippen molar-refractivity contribution in [1.29, 1.82) is 0 Å². The van der Waals surface area contributed by atoms with Crippen molar-refractivity contribution < 1.29 is 18.6 Å². The van der Waals surface area contributed by atoms with Crippen LogP contribution in [0.2, 0.25) is 0 Å². The second-order valence-electron chi connectivity index (χ2n) is 8.80. The molecule has 38 heavy (non-hydrogen) atoms. The third-order valence-electron chi connectivity index (χ3n) is 6.74. The van der Waals surface area contributed by atoms with Gasteiger partial charge in [0.2, 0.25) is 5.88 Å². The van der Waals surface area contributed by atoms with E-state index in [9.17, 15) is 4.79 Å². The Morgan fingerprint density at radius 2 is 1.74 bits per heavy atom. The van der Waals surface area contributed by atoms with Crippen LogP contribution in [0.4, 0.5) is 0 Å². The van der Waals surface area contributed by atoms with Gasteiger partial charge in [0, 0.05) is 11.1 Å². The Labute approximate surface area is 215 Å². The molecule has 1 unspecified atom stereocenters. The van der Waals surface area contributed by atoms with Crippen LogP contribution in [0, 0.1) is 0 Å². The lowest BCUT2D eigenvalue weighted by Gasteiger charge is -2.28. The molecule has 3 aromatic carbocycles. The van der Waals surface area contributed by atoms with Crippen molar-refractivity contribution in [3.8, 4) is 34.5 Å². The molecule has 0 aliphatic carbocycles. The third-order valence-corrected chi connectivity index (χ3v) is 6.74. The molecule has 0 spiro atoms. The van der Waals surface area contributed by atoms with E-state index in [2.05, 4.69) is 10.1 Å². The fourth-order valence-corrected chi connectivity index (χ4v) is 5.01. The first kappa shape index (κ1) is 22.1. The van der Waals surface area contributed by atoms with Gasteiger partial charge in [-0.15, -0.1) is 5.10 Å². The maximum atomic E-state index is 13.6. The van der Waals surface area contributed by atoms with E-state index >= 15 is 0 Å². The summed E-state index contributed by atoms with van der Waals surface area (Å²) in [5.74, 6) is 1.71. The predicted octanol–water partition coefficient (Wildman–Crippen LogP) is 5.20. The molecule has 0 radical (unpaired) electrons. The van der Waals surface area contributed by atoms with Crippen LogP contribution < -0.4 is 19.8 Å². The minimum absolute atomic E-state index is 0.321. The Morgan fingerprint density at radius 3 is 2.55 bits per heavy atom. The summed E-state index contributed by atoms with van der Waals surface area (Å²) < 4.78 is 25.0. The fourth-order valence-electron chi connectivity index (χ4n) is 5.01. The molecule has 1 atom stereocenters. The van der Waals surface area contributed by atoms with Gasteiger partial charge in [-0.2, -0.15) is 0 Å². The molecule has 0 saturated carbocycles. The quantitative estimate of drug-likeness (QED) is 0.302. The van der Waals surface area contributed by atoms with Crippen molar-refractivity contribution >= 4 is 16.6 Å². The van der Waals surface area contributed by atoms with Gasteiger partial charge in [-0.05, 0) is 30.3 Å². The minimum Gasteiger partial charge on any atom is -0.497 e. The van der Waals surface area contributed by atoms with E-state index in [0.717, 1.165) is 5.56 Å². The van der Waals surface area contributed by atoms with E-state index < -0.39 is 11.5 Å². The molecule has 9 heteroatoms. The molecule has 0 bridgehead atoms. The first-order chi connectivity index (χ1) is 18.7. The van der Waals surface area contributed by atoms with Gasteiger partial charge in [0.15, 0.2) is 17.2 Å². The monoisotopic (exact) mass is 504 g/mol. The largest absolute Gasteiger partial charge is 0.497 e. The van der Waals surface area contributed by atoms with E-state index in [4.69, 9.17) is 23.6 Å². The molecule has 186 valence electrons. The Bertz CT molecular complexity index is 1910. The van der Waals surface area contributed by atoms with Crippen LogP contribution in [0.25, 0.3) is 28.0 Å². The summed E-state index contributed by atoms with van der Waals surface area (Å²) >= 11 is 0. The Hall–Kier alpha value is -5.18. The molecule has 6 aromatic rings. The van der Waals surface area contributed by atoms with E-state index in [0.29, 0.717) is 62.3 Å². The molecule has 0 N–H and O–H groups in total. The highest BCUT2D eigenvalue weighted by atomic mass is 16.5. The molecular formula is C29H20N4O5. The van der Waals surface area contributed by atoms with Gasteiger partial charge in [0.25, 0.3) is 0 Å². The molecule has 9 nitrogen and oxygen atoms in total. The number of hydrogen-bond donors (Lipinski definition) is 0. The summed E-state index contributed by atoms with van der Waals surface area (Å²) in [6.45, 7) is 0. The van der Waals surface area contributed by atoms with Crippen LogP contribution in [0.1, 0.15) is 22.6 Å². The van der Waals surface area contributed by atoms with E-state index in [1.165, 1.54) is 0 Å². The number of aromatic nitrogens is 4. The van der Waals surface area contributed by atoms with Crippen molar-refractivity contribution in [2.24, 2.45) is 0 Å². The van der Waals surface area contributed by atoms with Crippen molar-refractivity contribution in [2.45, 2.75) is 5.92 Å². The van der Waals surface area contributed by atoms with Crippen molar-refractivity contribution in [3.63, 3.8) is 0 Å². The summed E-state index contributed by atoms with van der Waals surface area (Å²) in [6.07, 6.45) is 1.56. The van der Waals surface area contributed by atoms with Gasteiger partial charge in [-0.3, -0.25) is 0 Å². The van der Waals surface area contributed by atoms with Crippen molar-refractivity contribution in [3.05, 3.63) is 106 Å². The number of methoxy groups -OCH3 is 2. The zero-order valence-electron chi connectivity index (χ0n) is 20.4. The second kappa shape index (κ2) is 8.45. The number of rotatable bonds is 4. The van der Waals surface area contributed by atoms with Crippen molar-refractivity contribution in [1.82, 2.24) is 19.6 Å².